The van der Waals surface area contributed by atoms with Gasteiger partial charge in [-0.3, -0.25) is 4.98 Å². The average molecular weight is 293 g/mol. The minimum Gasteiger partial charge on any atom is -0.508 e. The predicted molar refractivity (Wildman–Crippen MR) is 86.8 cm³/mol. The standard InChI is InChI=1S/C17H15N3O2/c1-22-13-6-7-14-15(8-9-19-16(14)10-13)20-17(18)11-2-4-12(21)5-3-11/h2-10,21H,1H3,(H2,18,19,20). The molecule has 0 unspecified atom stereocenters. The van der Waals surface area contributed by atoms with Crippen molar-refractivity contribution in [2.75, 3.05) is 7.11 Å². The molecule has 5 nitrogen and oxygen atoms in total. The molecule has 0 aliphatic carbocycles. The van der Waals surface area contributed by atoms with Crippen molar-refractivity contribution in [2.24, 2.45) is 10.7 Å². The number of benzene rings is 2. The van der Waals surface area contributed by atoms with Crippen LogP contribution in [0.25, 0.3) is 10.9 Å². The van der Waals surface area contributed by atoms with Gasteiger partial charge in [-0.25, -0.2) is 4.99 Å². The zero-order chi connectivity index (χ0) is 15.5. The van der Waals surface area contributed by atoms with E-state index in [0.717, 1.165) is 27.9 Å². The van der Waals surface area contributed by atoms with E-state index in [1.165, 1.54) is 0 Å². The number of amidine groups is 1. The Labute approximate surface area is 127 Å². The number of phenols is 1. The van der Waals surface area contributed by atoms with Gasteiger partial charge in [-0.1, -0.05) is 0 Å². The molecule has 110 valence electrons. The number of aliphatic imine (C=N–C) groups is 1. The first-order valence-corrected chi connectivity index (χ1v) is 6.74. The van der Waals surface area contributed by atoms with Crippen molar-refractivity contribution in [3.63, 3.8) is 0 Å². The maximum Gasteiger partial charge on any atom is 0.131 e. The Morgan fingerprint density at radius 1 is 1.14 bits per heavy atom. The minimum absolute atomic E-state index is 0.193. The van der Waals surface area contributed by atoms with Crippen molar-refractivity contribution >= 4 is 22.4 Å². The van der Waals surface area contributed by atoms with Crippen molar-refractivity contribution in [2.45, 2.75) is 0 Å². The Bertz CT molecular complexity index is 842. The largest absolute Gasteiger partial charge is 0.508 e. The Kier molecular flexibility index (Phi) is 3.62. The molecule has 2 aromatic carbocycles. The van der Waals surface area contributed by atoms with Gasteiger partial charge in [0.25, 0.3) is 0 Å². The maximum absolute atomic E-state index is 9.32. The van der Waals surface area contributed by atoms with E-state index in [1.807, 2.05) is 24.3 Å². The van der Waals surface area contributed by atoms with Crippen LogP contribution in [-0.2, 0) is 0 Å². The lowest BCUT2D eigenvalue weighted by atomic mass is 10.1. The summed E-state index contributed by atoms with van der Waals surface area (Å²) in [7, 11) is 1.62. The van der Waals surface area contributed by atoms with E-state index < -0.39 is 0 Å². The predicted octanol–water partition coefficient (Wildman–Crippen LogP) is 2.99. The van der Waals surface area contributed by atoms with Crippen molar-refractivity contribution < 1.29 is 9.84 Å². The molecule has 0 atom stereocenters. The highest BCUT2D eigenvalue weighted by molar-refractivity contribution is 6.02. The number of pyridine rings is 1. The van der Waals surface area contributed by atoms with E-state index in [4.69, 9.17) is 10.5 Å². The van der Waals surface area contributed by atoms with Crippen LogP contribution in [0.5, 0.6) is 11.5 Å². The lowest BCUT2D eigenvalue weighted by Gasteiger charge is -2.06. The molecule has 0 saturated heterocycles. The fraction of sp³-hybridized carbons (Fsp3) is 0.0588. The van der Waals surface area contributed by atoms with Gasteiger partial charge in [-0.15, -0.1) is 0 Å². The molecule has 1 heterocycles. The van der Waals surface area contributed by atoms with Crippen LogP contribution in [0, 0.1) is 0 Å². The molecule has 0 radical (unpaired) electrons. The number of nitrogens with zero attached hydrogens (tertiary/aromatic N) is 2. The van der Waals surface area contributed by atoms with Crippen LogP contribution in [0.4, 0.5) is 5.69 Å². The van der Waals surface area contributed by atoms with Crippen molar-refractivity contribution in [1.29, 1.82) is 0 Å². The summed E-state index contributed by atoms with van der Waals surface area (Å²) < 4.78 is 5.20. The molecule has 0 spiro atoms. The van der Waals surface area contributed by atoms with Crippen LogP contribution in [0.2, 0.25) is 0 Å². The van der Waals surface area contributed by atoms with E-state index in [1.54, 1.807) is 37.6 Å². The number of phenolic OH excluding ortho intramolecular Hbond substituents is 1. The van der Waals surface area contributed by atoms with Crippen LogP contribution in [0.15, 0.2) is 59.7 Å². The molecule has 5 heteroatoms. The molecule has 3 rings (SSSR count). The molecule has 0 aliphatic rings. The lowest BCUT2D eigenvalue weighted by molar-refractivity contribution is 0.415. The third-order valence-corrected chi connectivity index (χ3v) is 3.33. The number of hydrogen-bond donors (Lipinski definition) is 2. The van der Waals surface area contributed by atoms with Crippen molar-refractivity contribution in [3.05, 3.63) is 60.3 Å². The zero-order valence-electron chi connectivity index (χ0n) is 12.0. The summed E-state index contributed by atoms with van der Waals surface area (Å²) in [6.45, 7) is 0. The van der Waals surface area contributed by atoms with Gasteiger partial charge >= 0.3 is 0 Å². The topological polar surface area (TPSA) is 80.7 Å². The molecule has 0 aliphatic heterocycles. The molecule has 0 amide bonds. The van der Waals surface area contributed by atoms with Gasteiger partial charge in [0.1, 0.15) is 17.3 Å². The smallest absolute Gasteiger partial charge is 0.131 e. The molecule has 22 heavy (non-hydrogen) atoms. The third kappa shape index (κ3) is 2.69. The third-order valence-electron chi connectivity index (χ3n) is 3.33. The molecular formula is C17H15N3O2. The first-order chi connectivity index (χ1) is 10.7. The Morgan fingerprint density at radius 3 is 2.64 bits per heavy atom. The summed E-state index contributed by atoms with van der Waals surface area (Å²) in [5.41, 5.74) is 8.32. The van der Waals surface area contributed by atoms with E-state index in [9.17, 15) is 5.11 Å². The highest BCUT2D eigenvalue weighted by Gasteiger charge is 2.05. The van der Waals surface area contributed by atoms with Crippen LogP contribution in [-0.4, -0.2) is 23.0 Å². The maximum atomic E-state index is 9.32. The SMILES string of the molecule is COc1ccc2c(N=C(N)c3ccc(O)cc3)ccnc2c1. The van der Waals surface area contributed by atoms with Gasteiger partial charge in [-0.2, -0.15) is 0 Å². The normalized spacial score (nSPS) is 11.6. The molecule has 0 saturated carbocycles. The van der Waals surface area contributed by atoms with E-state index >= 15 is 0 Å². The summed E-state index contributed by atoms with van der Waals surface area (Å²) in [5.74, 6) is 1.31. The van der Waals surface area contributed by atoms with E-state index in [2.05, 4.69) is 9.98 Å². The number of aromatic nitrogens is 1. The summed E-state index contributed by atoms with van der Waals surface area (Å²) >= 11 is 0. The van der Waals surface area contributed by atoms with E-state index in [-0.39, 0.29) is 5.75 Å². The fourth-order valence-electron chi connectivity index (χ4n) is 2.16. The number of ether oxygens (including phenoxy) is 1. The van der Waals surface area contributed by atoms with Crippen LogP contribution in [0.1, 0.15) is 5.56 Å². The highest BCUT2D eigenvalue weighted by atomic mass is 16.5. The Balaban J connectivity index is 2.06. The average Bonchev–Trinajstić information content (AvgIpc) is 2.55. The first kappa shape index (κ1) is 13.9. The molecule has 3 N–H and O–H groups in total. The van der Waals surface area contributed by atoms with Gasteiger partial charge < -0.3 is 15.6 Å². The molecule has 3 aromatic rings. The number of rotatable bonds is 3. The molecule has 0 fully saturated rings. The monoisotopic (exact) mass is 293 g/mol. The number of fused-ring (bicyclic) bond motifs is 1. The molecule has 1 aromatic heterocycles. The second-order valence-electron chi connectivity index (χ2n) is 4.76. The number of methoxy groups -OCH3 is 1. The minimum atomic E-state index is 0.193. The second-order valence-corrected chi connectivity index (χ2v) is 4.76. The van der Waals surface area contributed by atoms with Gasteiger partial charge in [-0.05, 0) is 42.5 Å². The fourth-order valence-corrected chi connectivity index (χ4v) is 2.16. The second kappa shape index (κ2) is 5.73. The summed E-state index contributed by atoms with van der Waals surface area (Å²) in [6, 6.07) is 14.0. The van der Waals surface area contributed by atoms with Gasteiger partial charge in [0.15, 0.2) is 0 Å². The molecule has 0 bridgehead atoms. The quantitative estimate of drug-likeness (QED) is 0.574. The van der Waals surface area contributed by atoms with Gasteiger partial charge in [0.05, 0.1) is 18.3 Å². The van der Waals surface area contributed by atoms with Gasteiger partial charge in [0.2, 0.25) is 0 Å². The number of aromatic hydroxyl groups is 1. The first-order valence-electron chi connectivity index (χ1n) is 6.74. The number of nitrogens with two attached hydrogens (primary N) is 1. The summed E-state index contributed by atoms with van der Waals surface area (Å²) in [4.78, 5) is 8.79. The van der Waals surface area contributed by atoms with E-state index in [0.29, 0.717) is 5.84 Å². The summed E-state index contributed by atoms with van der Waals surface area (Å²) in [5, 5.41) is 10.2. The molecular weight excluding hydrogens is 278 g/mol. The summed E-state index contributed by atoms with van der Waals surface area (Å²) in [6.07, 6.45) is 1.69. The van der Waals surface area contributed by atoms with Crippen molar-refractivity contribution in [3.8, 4) is 11.5 Å². The van der Waals surface area contributed by atoms with Crippen molar-refractivity contribution in [1.82, 2.24) is 4.98 Å². The number of hydrogen-bond acceptors (Lipinski definition) is 4. The van der Waals surface area contributed by atoms with Crippen LogP contribution < -0.4 is 10.5 Å². The zero-order valence-corrected chi connectivity index (χ0v) is 12.0. The van der Waals surface area contributed by atoms with Gasteiger partial charge in [0, 0.05) is 23.2 Å². The van der Waals surface area contributed by atoms with Crippen LogP contribution in [0.3, 0.4) is 0 Å². The highest BCUT2D eigenvalue weighted by Crippen LogP contribution is 2.27. The Morgan fingerprint density at radius 2 is 1.91 bits per heavy atom. The lowest BCUT2D eigenvalue weighted by Crippen LogP contribution is -2.12. The van der Waals surface area contributed by atoms with Crippen LogP contribution >= 0.6 is 0 Å². The Hall–Kier alpha value is -3.08.